The van der Waals surface area contributed by atoms with Gasteiger partial charge in [0.25, 0.3) is 0 Å². The van der Waals surface area contributed by atoms with Crippen LogP contribution in [0.4, 0.5) is 5.82 Å². The van der Waals surface area contributed by atoms with Gasteiger partial charge in [0.2, 0.25) is 5.91 Å². The summed E-state index contributed by atoms with van der Waals surface area (Å²) in [5.41, 5.74) is 9.04. The first-order valence-electron chi connectivity index (χ1n) is 10.0. The number of aliphatic imine (C=N–C) groups is 1. The van der Waals surface area contributed by atoms with Crippen molar-refractivity contribution in [3.8, 4) is 0 Å². The fraction of sp³-hybridized carbons (Fsp3) is 0.409. The molecule has 0 radical (unpaired) electrons. The number of anilines is 1. The Morgan fingerprint density at radius 2 is 2.10 bits per heavy atom. The molecule has 1 unspecified atom stereocenters. The minimum Gasteiger partial charge on any atom is -0.369 e. The summed E-state index contributed by atoms with van der Waals surface area (Å²) in [5, 5.41) is 6.71. The first-order chi connectivity index (χ1) is 14.1. The Balaban J connectivity index is 1.62. The molecule has 0 aliphatic carbocycles. The Kier molecular flexibility index (Phi) is 7.05. The number of amides is 1. The number of hydrogen-bond donors (Lipinski definition) is 3. The normalized spacial score (nSPS) is 17.1. The molecule has 2 heterocycles. The molecule has 1 atom stereocenters. The average Bonchev–Trinajstić information content (AvgIpc) is 2.74. The number of guanidine groups is 1. The maximum absolute atomic E-state index is 11.6. The molecule has 0 bridgehead atoms. The zero-order chi connectivity index (χ0) is 20.6. The molecule has 1 aliphatic rings. The van der Waals surface area contributed by atoms with E-state index in [2.05, 4.69) is 62.8 Å². The molecule has 3 rings (SSSR count). The monoisotopic (exact) mass is 394 g/mol. The number of nitrogens with zero attached hydrogens (tertiary/aromatic N) is 3. The molecule has 1 saturated heterocycles. The third-order valence-corrected chi connectivity index (χ3v) is 5.20. The van der Waals surface area contributed by atoms with Gasteiger partial charge in [0.05, 0.1) is 5.92 Å². The molecule has 1 fully saturated rings. The van der Waals surface area contributed by atoms with Crippen LogP contribution >= 0.6 is 0 Å². The maximum Gasteiger partial charge on any atom is 0.222 e. The van der Waals surface area contributed by atoms with Gasteiger partial charge in [-0.15, -0.1) is 0 Å². The van der Waals surface area contributed by atoms with Crippen molar-refractivity contribution in [2.24, 2.45) is 16.6 Å². The van der Waals surface area contributed by atoms with Crippen LogP contribution in [0.2, 0.25) is 0 Å². The van der Waals surface area contributed by atoms with E-state index in [-0.39, 0.29) is 11.8 Å². The molecule has 2 aromatic rings. The highest BCUT2D eigenvalue weighted by atomic mass is 16.1. The number of carbonyl (C=O) groups excluding carboxylic acids is 1. The van der Waals surface area contributed by atoms with Gasteiger partial charge >= 0.3 is 0 Å². The van der Waals surface area contributed by atoms with Crippen LogP contribution in [0.5, 0.6) is 0 Å². The number of nitrogens with one attached hydrogen (secondary N) is 2. The van der Waals surface area contributed by atoms with E-state index in [4.69, 9.17) is 5.73 Å². The molecule has 1 aromatic carbocycles. The zero-order valence-corrected chi connectivity index (χ0v) is 17.2. The van der Waals surface area contributed by atoms with Crippen LogP contribution in [0.1, 0.15) is 29.5 Å². The molecule has 1 aliphatic heterocycles. The van der Waals surface area contributed by atoms with Crippen molar-refractivity contribution >= 4 is 17.7 Å². The molecule has 7 nitrogen and oxygen atoms in total. The molecule has 1 amide bonds. The molecule has 7 heteroatoms. The van der Waals surface area contributed by atoms with Crippen LogP contribution in [-0.2, 0) is 17.9 Å². The first kappa shape index (κ1) is 20.6. The molecular weight excluding hydrogens is 364 g/mol. The fourth-order valence-electron chi connectivity index (χ4n) is 3.66. The summed E-state index contributed by atoms with van der Waals surface area (Å²) in [6.07, 6.45) is 3.58. The number of nitrogens with two attached hydrogens (primary N) is 1. The SMILES string of the molecule is CN=C(NCc1cccc(C)c1)NCc1cccnc1N1CCCC(C(N)=O)C1. The highest BCUT2D eigenvalue weighted by Gasteiger charge is 2.25. The first-order valence-corrected chi connectivity index (χ1v) is 10.0. The number of rotatable bonds is 6. The van der Waals surface area contributed by atoms with Gasteiger partial charge in [-0.05, 0) is 31.4 Å². The van der Waals surface area contributed by atoms with E-state index in [1.165, 1.54) is 11.1 Å². The Hall–Kier alpha value is -3.09. The van der Waals surface area contributed by atoms with Crippen molar-refractivity contribution in [3.63, 3.8) is 0 Å². The number of hydrogen-bond acceptors (Lipinski definition) is 4. The van der Waals surface area contributed by atoms with Crippen LogP contribution in [-0.4, -0.2) is 37.0 Å². The third kappa shape index (κ3) is 5.70. The van der Waals surface area contributed by atoms with Crippen molar-refractivity contribution in [2.45, 2.75) is 32.9 Å². The second-order valence-electron chi connectivity index (χ2n) is 7.44. The number of pyridine rings is 1. The summed E-state index contributed by atoms with van der Waals surface area (Å²) >= 11 is 0. The topological polar surface area (TPSA) is 95.6 Å². The van der Waals surface area contributed by atoms with E-state index in [1.54, 1.807) is 13.2 Å². The Bertz CT molecular complexity index is 866. The van der Waals surface area contributed by atoms with Crippen molar-refractivity contribution < 1.29 is 4.79 Å². The summed E-state index contributed by atoms with van der Waals surface area (Å²) < 4.78 is 0. The lowest BCUT2D eigenvalue weighted by Crippen LogP contribution is -2.42. The van der Waals surface area contributed by atoms with Crippen molar-refractivity contribution in [1.29, 1.82) is 0 Å². The highest BCUT2D eigenvalue weighted by Crippen LogP contribution is 2.24. The minimum absolute atomic E-state index is 0.115. The fourth-order valence-corrected chi connectivity index (χ4v) is 3.66. The predicted molar refractivity (Wildman–Crippen MR) is 117 cm³/mol. The predicted octanol–water partition coefficient (Wildman–Crippen LogP) is 1.96. The van der Waals surface area contributed by atoms with Crippen molar-refractivity contribution in [1.82, 2.24) is 15.6 Å². The van der Waals surface area contributed by atoms with Gasteiger partial charge in [-0.3, -0.25) is 9.79 Å². The Morgan fingerprint density at radius 1 is 1.28 bits per heavy atom. The molecule has 0 saturated carbocycles. The van der Waals surface area contributed by atoms with Crippen LogP contribution in [0.3, 0.4) is 0 Å². The summed E-state index contributed by atoms with van der Waals surface area (Å²) in [6.45, 7) is 4.89. The van der Waals surface area contributed by atoms with Crippen LogP contribution in [0.25, 0.3) is 0 Å². The van der Waals surface area contributed by atoms with Gasteiger partial charge in [-0.25, -0.2) is 4.98 Å². The second-order valence-corrected chi connectivity index (χ2v) is 7.44. The molecule has 1 aromatic heterocycles. The summed E-state index contributed by atoms with van der Waals surface area (Å²) in [7, 11) is 1.76. The average molecular weight is 395 g/mol. The molecule has 0 spiro atoms. The highest BCUT2D eigenvalue weighted by molar-refractivity contribution is 5.80. The lowest BCUT2D eigenvalue weighted by molar-refractivity contribution is -0.122. The Labute approximate surface area is 172 Å². The van der Waals surface area contributed by atoms with Gasteiger partial charge in [-0.2, -0.15) is 0 Å². The molecule has 154 valence electrons. The zero-order valence-electron chi connectivity index (χ0n) is 17.2. The van der Waals surface area contributed by atoms with E-state index in [0.717, 1.165) is 36.7 Å². The van der Waals surface area contributed by atoms with E-state index < -0.39 is 0 Å². The number of piperidine rings is 1. The van der Waals surface area contributed by atoms with Gasteiger partial charge < -0.3 is 21.3 Å². The van der Waals surface area contributed by atoms with E-state index >= 15 is 0 Å². The maximum atomic E-state index is 11.6. The lowest BCUT2D eigenvalue weighted by Gasteiger charge is -2.33. The smallest absolute Gasteiger partial charge is 0.222 e. The molecule has 4 N–H and O–H groups in total. The van der Waals surface area contributed by atoms with E-state index in [0.29, 0.717) is 19.6 Å². The lowest BCUT2D eigenvalue weighted by atomic mass is 9.97. The summed E-state index contributed by atoms with van der Waals surface area (Å²) in [5.74, 6) is 1.29. The van der Waals surface area contributed by atoms with Crippen LogP contribution < -0.4 is 21.3 Å². The molecular formula is C22H30N6O. The number of aromatic nitrogens is 1. The van der Waals surface area contributed by atoms with Gasteiger partial charge in [-0.1, -0.05) is 35.9 Å². The van der Waals surface area contributed by atoms with Crippen molar-refractivity contribution in [2.75, 3.05) is 25.0 Å². The number of benzene rings is 1. The van der Waals surface area contributed by atoms with Gasteiger partial charge in [0.1, 0.15) is 5.82 Å². The van der Waals surface area contributed by atoms with E-state index in [1.807, 2.05) is 6.07 Å². The largest absolute Gasteiger partial charge is 0.369 e. The van der Waals surface area contributed by atoms with E-state index in [9.17, 15) is 4.79 Å². The van der Waals surface area contributed by atoms with Crippen LogP contribution in [0, 0.1) is 12.8 Å². The number of aryl methyl sites for hydroxylation is 1. The van der Waals surface area contributed by atoms with Crippen LogP contribution in [0.15, 0.2) is 47.6 Å². The quantitative estimate of drug-likeness (QED) is 0.514. The second kappa shape index (κ2) is 9.91. The number of carbonyl (C=O) groups is 1. The Morgan fingerprint density at radius 3 is 2.86 bits per heavy atom. The third-order valence-electron chi connectivity index (χ3n) is 5.20. The number of primary amides is 1. The van der Waals surface area contributed by atoms with Gasteiger partial charge in [0.15, 0.2) is 5.96 Å². The minimum atomic E-state index is -0.231. The van der Waals surface area contributed by atoms with Gasteiger partial charge in [0, 0.05) is 45.0 Å². The van der Waals surface area contributed by atoms with Crippen molar-refractivity contribution in [3.05, 3.63) is 59.3 Å². The molecule has 29 heavy (non-hydrogen) atoms. The summed E-state index contributed by atoms with van der Waals surface area (Å²) in [6, 6.07) is 12.4. The standard InChI is InChI=1S/C22H30N6O/c1-16-6-3-7-17(12-16)13-26-22(24-2)27-14-18-8-4-10-25-21(18)28-11-5-9-19(15-28)20(23)29/h3-4,6-8,10,12,19H,5,9,11,13-15H2,1-2H3,(H2,23,29)(H2,24,26,27). The summed E-state index contributed by atoms with van der Waals surface area (Å²) in [4.78, 5) is 22.7.